The number of rotatable bonds is 4. The summed E-state index contributed by atoms with van der Waals surface area (Å²) in [5, 5.41) is 7.63. The van der Waals surface area contributed by atoms with Crippen molar-refractivity contribution in [3.8, 4) is 11.5 Å². The first-order valence-corrected chi connectivity index (χ1v) is 6.59. The molecule has 1 heterocycles. The van der Waals surface area contributed by atoms with E-state index in [1.165, 1.54) is 0 Å². The lowest BCUT2D eigenvalue weighted by atomic mass is 10.2. The highest BCUT2D eigenvalue weighted by Gasteiger charge is 2.12. The quantitative estimate of drug-likeness (QED) is 0.849. The molecule has 2 aromatic rings. The molecule has 0 radical (unpaired) electrons. The Morgan fingerprint density at radius 3 is 3.06 bits per heavy atom. The van der Waals surface area contributed by atoms with Gasteiger partial charge in [-0.3, -0.25) is 0 Å². The van der Waals surface area contributed by atoms with E-state index < -0.39 is 0 Å². The second-order valence-electron chi connectivity index (χ2n) is 3.49. The average Bonchev–Trinajstić information content (AvgIpc) is 2.78. The largest absolute Gasteiger partial charge is 0.334 e. The fourth-order valence-corrected chi connectivity index (χ4v) is 2.10. The van der Waals surface area contributed by atoms with Crippen molar-refractivity contribution >= 4 is 34.2 Å². The Morgan fingerprint density at radius 1 is 1.47 bits per heavy atom. The molecule has 0 saturated heterocycles. The van der Waals surface area contributed by atoms with Gasteiger partial charge in [0, 0.05) is 21.6 Å². The molecule has 0 spiro atoms. The van der Waals surface area contributed by atoms with E-state index in [9.17, 15) is 0 Å². The molecule has 0 fully saturated rings. The Bertz CT molecular complexity index is 515. The molecule has 0 unspecified atom stereocenters. The lowest BCUT2D eigenvalue weighted by Crippen LogP contribution is -2.11. The van der Waals surface area contributed by atoms with Crippen LogP contribution < -0.4 is 5.32 Å². The van der Waals surface area contributed by atoms with Crippen LogP contribution in [-0.4, -0.2) is 23.7 Å². The topological polar surface area (TPSA) is 51.0 Å². The highest BCUT2D eigenvalue weighted by molar-refractivity contribution is 14.1. The summed E-state index contributed by atoms with van der Waals surface area (Å²) < 4.78 is 6.27. The molecule has 4 nitrogen and oxygen atoms in total. The van der Waals surface area contributed by atoms with E-state index in [1.54, 1.807) is 0 Å². The van der Waals surface area contributed by atoms with Crippen molar-refractivity contribution in [2.75, 3.05) is 13.6 Å². The lowest BCUT2D eigenvalue weighted by Gasteiger charge is -1.98. The van der Waals surface area contributed by atoms with Gasteiger partial charge in [-0.05, 0) is 47.8 Å². The van der Waals surface area contributed by atoms with Crippen LogP contribution in [-0.2, 0) is 6.42 Å². The number of benzene rings is 1. The van der Waals surface area contributed by atoms with E-state index in [0.717, 1.165) is 22.1 Å². The van der Waals surface area contributed by atoms with E-state index in [0.29, 0.717) is 16.7 Å². The Hall–Kier alpha value is -0.660. The SMILES string of the molecule is CNCCc1noc(-c2cc(Cl)ccc2I)n1. The minimum atomic E-state index is 0.517. The standard InChI is InChI=1S/C11H11ClIN3O/c1-14-5-4-10-15-11(17-16-10)8-6-7(12)2-3-9(8)13/h2-3,6,14H,4-5H2,1H3. The minimum absolute atomic E-state index is 0.517. The summed E-state index contributed by atoms with van der Waals surface area (Å²) in [5.41, 5.74) is 0.876. The minimum Gasteiger partial charge on any atom is -0.334 e. The van der Waals surface area contributed by atoms with Crippen molar-refractivity contribution in [1.29, 1.82) is 0 Å². The maximum atomic E-state index is 5.95. The van der Waals surface area contributed by atoms with Crippen LogP contribution in [0, 0.1) is 3.57 Å². The third-order valence-corrected chi connectivity index (χ3v) is 3.40. The highest BCUT2D eigenvalue weighted by atomic mass is 127. The predicted molar refractivity (Wildman–Crippen MR) is 75.1 cm³/mol. The van der Waals surface area contributed by atoms with E-state index in [2.05, 4.69) is 38.0 Å². The summed E-state index contributed by atoms with van der Waals surface area (Å²) >= 11 is 8.17. The summed E-state index contributed by atoms with van der Waals surface area (Å²) in [6, 6.07) is 5.60. The average molecular weight is 364 g/mol. The first-order chi connectivity index (χ1) is 8.20. The monoisotopic (exact) mass is 363 g/mol. The van der Waals surface area contributed by atoms with Crippen LogP contribution in [0.5, 0.6) is 0 Å². The first-order valence-electron chi connectivity index (χ1n) is 5.13. The molecule has 0 atom stereocenters. The van der Waals surface area contributed by atoms with Gasteiger partial charge in [0.2, 0.25) is 0 Å². The van der Waals surface area contributed by atoms with E-state index in [4.69, 9.17) is 16.1 Å². The Balaban J connectivity index is 2.27. The van der Waals surface area contributed by atoms with Gasteiger partial charge in [0.25, 0.3) is 5.89 Å². The third-order valence-electron chi connectivity index (χ3n) is 2.23. The molecular formula is C11H11ClIN3O. The number of hydrogen-bond acceptors (Lipinski definition) is 4. The van der Waals surface area contributed by atoms with Crippen LogP contribution in [0.2, 0.25) is 5.02 Å². The smallest absolute Gasteiger partial charge is 0.259 e. The van der Waals surface area contributed by atoms with Crippen molar-refractivity contribution in [1.82, 2.24) is 15.5 Å². The van der Waals surface area contributed by atoms with Crippen LogP contribution >= 0.6 is 34.2 Å². The molecule has 0 aliphatic carbocycles. The van der Waals surface area contributed by atoms with Gasteiger partial charge in [0.1, 0.15) is 0 Å². The molecular weight excluding hydrogens is 352 g/mol. The van der Waals surface area contributed by atoms with Gasteiger partial charge in [-0.15, -0.1) is 0 Å². The van der Waals surface area contributed by atoms with Crippen molar-refractivity contribution in [3.05, 3.63) is 32.6 Å². The molecule has 1 aromatic carbocycles. The van der Waals surface area contributed by atoms with Crippen molar-refractivity contribution < 1.29 is 4.52 Å². The van der Waals surface area contributed by atoms with Gasteiger partial charge in [-0.2, -0.15) is 4.98 Å². The van der Waals surface area contributed by atoms with Gasteiger partial charge >= 0.3 is 0 Å². The molecule has 0 amide bonds. The Kier molecular flexibility index (Phi) is 4.36. The normalized spacial score (nSPS) is 10.8. The van der Waals surface area contributed by atoms with Gasteiger partial charge in [0.15, 0.2) is 5.82 Å². The third kappa shape index (κ3) is 3.17. The van der Waals surface area contributed by atoms with Crippen LogP contribution in [0.15, 0.2) is 22.7 Å². The van der Waals surface area contributed by atoms with Gasteiger partial charge in [-0.25, -0.2) is 0 Å². The van der Waals surface area contributed by atoms with Gasteiger partial charge in [0.05, 0.1) is 5.56 Å². The number of likely N-dealkylation sites (N-methyl/N-ethyl adjacent to an activating group) is 1. The van der Waals surface area contributed by atoms with Gasteiger partial charge < -0.3 is 9.84 Å². The number of hydrogen-bond donors (Lipinski definition) is 1. The summed E-state index contributed by atoms with van der Waals surface area (Å²) in [4.78, 5) is 4.34. The second kappa shape index (κ2) is 5.79. The molecule has 0 aliphatic heterocycles. The maximum Gasteiger partial charge on any atom is 0.259 e. The molecule has 1 N–H and O–H groups in total. The predicted octanol–water partition coefficient (Wildman–Crippen LogP) is 2.76. The fraction of sp³-hybridized carbons (Fsp3) is 0.273. The number of nitrogens with one attached hydrogen (secondary N) is 1. The summed E-state index contributed by atoms with van der Waals surface area (Å²) in [5.74, 6) is 1.22. The highest BCUT2D eigenvalue weighted by Crippen LogP contribution is 2.26. The van der Waals surface area contributed by atoms with E-state index >= 15 is 0 Å². The molecule has 1 aromatic heterocycles. The van der Waals surface area contributed by atoms with Crippen LogP contribution in [0.25, 0.3) is 11.5 Å². The number of aromatic nitrogens is 2. The van der Waals surface area contributed by atoms with Crippen LogP contribution in [0.4, 0.5) is 0 Å². The van der Waals surface area contributed by atoms with Crippen LogP contribution in [0.1, 0.15) is 5.82 Å². The molecule has 0 bridgehead atoms. The molecule has 0 saturated carbocycles. The lowest BCUT2D eigenvalue weighted by molar-refractivity contribution is 0.422. The molecule has 17 heavy (non-hydrogen) atoms. The summed E-state index contributed by atoms with van der Waals surface area (Å²) in [6.07, 6.45) is 0.747. The van der Waals surface area contributed by atoms with E-state index in [-0.39, 0.29) is 0 Å². The Labute approximate surface area is 118 Å². The number of halogens is 2. The van der Waals surface area contributed by atoms with E-state index in [1.807, 2.05) is 25.2 Å². The summed E-state index contributed by atoms with van der Waals surface area (Å²) in [6.45, 7) is 0.825. The fourth-order valence-electron chi connectivity index (χ4n) is 1.36. The van der Waals surface area contributed by atoms with Crippen molar-refractivity contribution in [3.63, 3.8) is 0 Å². The molecule has 0 aliphatic rings. The first kappa shape index (κ1) is 12.8. The maximum absolute atomic E-state index is 5.95. The zero-order valence-electron chi connectivity index (χ0n) is 9.20. The van der Waals surface area contributed by atoms with Gasteiger partial charge in [-0.1, -0.05) is 16.8 Å². The van der Waals surface area contributed by atoms with Crippen molar-refractivity contribution in [2.24, 2.45) is 0 Å². The molecule has 90 valence electrons. The number of nitrogens with zero attached hydrogens (tertiary/aromatic N) is 2. The molecule has 6 heteroatoms. The Morgan fingerprint density at radius 2 is 2.29 bits per heavy atom. The zero-order chi connectivity index (χ0) is 12.3. The molecule has 2 rings (SSSR count). The summed E-state index contributed by atoms with van der Waals surface area (Å²) in [7, 11) is 1.89. The zero-order valence-corrected chi connectivity index (χ0v) is 12.1. The second-order valence-corrected chi connectivity index (χ2v) is 5.09. The van der Waals surface area contributed by atoms with Crippen molar-refractivity contribution in [2.45, 2.75) is 6.42 Å². The van der Waals surface area contributed by atoms with Crippen LogP contribution in [0.3, 0.4) is 0 Å².